The fourth-order valence-electron chi connectivity index (χ4n) is 3.91. The summed E-state index contributed by atoms with van der Waals surface area (Å²) in [6.45, 7) is 3.90. The molecule has 0 saturated carbocycles. The van der Waals surface area contributed by atoms with Gasteiger partial charge in [0.2, 0.25) is 11.8 Å². The molecular formula is C27H33ClFN7O5. The van der Waals surface area contributed by atoms with Gasteiger partial charge in [0.05, 0.1) is 31.1 Å². The number of amides is 3. The van der Waals surface area contributed by atoms with Crippen molar-refractivity contribution in [2.75, 3.05) is 26.5 Å². The second-order valence-electron chi connectivity index (χ2n) is 9.91. The molecule has 220 valence electrons. The lowest BCUT2D eigenvalue weighted by Crippen LogP contribution is -2.44. The van der Waals surface area contributed by atoms with Crippen molar-refractivity contribution >= 4 is 46.2 Å². The zero-order valence-electron chi connectivity index (χ0n) is 23.5. The fraction of sp³-hybridized carbons (Fsp3) is 0.407. The van der Waals surface area contributed by atoms with Crippen molar-refractivity contribution < 1.29 is 23.5 Å². The predicted molar refractivity (Wildman–Crippen MR) is 152 cm³/mol. The molecule has 3 N–H and O–H groups in total. The topological polar surface area (TPSA) is 151 Å². The van der Waals surface area contributed by atoms with Crippen molar-refractivity contribution in [3.8, 4) is 0 Å². The smallest absolute Gasteiger partial charge is 0.407 e. The summed E-state index contributed by atoms with van der Waals surface area (Å²) < 4.78 is 20.2. The molecule has 3 aromatic rings. The normalized spacial score (nSPS) is 12.1. The highest BCUT2D eigenvalue weighted by atomic mass is 35.5. The molecular weight excluding hydrogens is 557 g/mol. The minimum absolute atomic E-state index is 0.0642. The number of likely N-dealkylation sites (N-methyl/N-ethyl adjacent to an activating group) is 1. The third-order valence-electron chi connectivity index (χ3n) is 6.01. The van der Waals surface area contributed by atoms with Gasteiger partial charge in [-0.3, -0.25) is 23.9 Å². The minimum Gasteiger partial charge on any atom is -0.453 e. The number of nitrogens with one attached hydrogen (secondary N) is 3. The van der Waals surface area contributed by atoms with E-state index in [2.05, 4.69) is 30.3 Å². The number of carbonyl (C=O) groups excluding carboxylic acids is 3. The lowest BCUT2D eigenvalue weighted by atomic mass is 10.1. The standard InChI is InChI=1S/C27H33ClFN7O5/c1-15(2)12-19-24-23(16(29)13-30-19)33-21(34-24)14-36-20(28)11-10-18(26(36)39)31-25(38)17(32-27(40)41-5)8-6-7-9-22(37)35(3)4/h7,9-11,13,15,17H,6,8,12,14H2,1-5H3,(H,31,38)(H,32,40)(H,33,34)/b9-7+/t17-/m0/s1. The van der Waals surface area contributed by atoms with Crippen molar-refractivity contribution in [1.82, 2.24) is 29.7 Å². The Hall–Kier alpha value is -4.26. The number of allylic oxidation sites excluding steroid dienone is 1. The summed E-state index contributed by atoms with van der Waals surface area (Å²) in [5.74, 6) is -0.959. The number of imidazole rings is 1. The van der Waals surface area contributed by atoms with Crippen LogP contribution >= 0.6 is 11.6 Å². The van der Waals surface area contributed by atoms with E-state index in [1.807, 2.05) is 13.8 Å². The number of fused-ring (bicyclic) bond motifs is 1. The van der Waals surface area contributed by atoms with Crippen LogP contribution < -0.4 is 16.2 Å². The maximum Gasteiger partial charge on any atom is 0.407 e. The van der Waals surface area contributed by atoms with E-state index in [4.69, 9.17) is 11.6 Å². The van der Waals surface area contributed by atoms with Crippen LogP contribution in [0.3, 0.4) is 0 Å². The summed E-state index contributed by atoms with van der Waals surface area (Å²) in [6.07, 6.45) is 4.22. The van der Waals surface area contributed by atoms with Crippen LogP contribution in [0.5, 0.6) is 0 Å². The quantitative estimate of drug-likeness (QED) is 0.229. The molecule has 0 bridgehead atoms. The maximum atomic E-state index is 14.5. The third-order valence-corrected chi connectivity index (χ3v) is 6.34. The largest absolute Gasteiger partial charge is 0.453 e. The number of anilines is 1. The van der Waals surface area contributed by atoms with Gasteiger partial charge in [-0.1, -0.05) is 31.5 Å². The lowest BCUT2D eigenvalue weighted by molar-refractivity contribution is -0.123. The van der Waals surface area contributed by atoms with Crippen LogP contribution in [0.15, 0.2) is 35.3 Å². The van der Waals surface area contributed by atoms with E-state index in [-0.39, 0.29) is 53.4 Å². The Kier molecular flexibility index (Phi) is 10.6. The van der Waals surface area contributed by atoms with Crippen LogP contribution in [-0.2, 0) is 27.3 Å². The summed E-state index contributed by atoms with van der Waals surface area (Å²) in [5, 5.41) is 5.02. The molecule has 0 aliphatic heterocycles. The van der Waals surface area contributed by atoms with Gasteiger partial charge in [0.1, 0.15) is 28.2 Å². The Morgan fingerprint density at radius 2 is 2.00 bits per heavy atom. The number of halogens is 2. The summed E-state index contributed by atoms with van der Waals surface area (Å²) in [5.41, 5.74) is 0.469. The SMILES string of the molecule is COC(=O)N[C@@H](CC/C=C/C(=O)N(C)C)C(=O)Nc1ccc(Cl)n(Cc2nc3c(F)cnc(CC(C)C)c3[nH]2)c1=O. The third kappa shape index (κ3) is 8.13. The number of nitrogens with zero attached hydrogens (tertiary/aromatic N) is 4. The first kappa shape index (κ1) is 31.3. The molecule has 0 spiro atoms. The van der Waals surface area contributed by atoms with Gasteiger partial charge >= 0.3 is 6.09 Å². The molecule has 0 unspecified atom stereocenters. The first-order valence-electron chi connectivity index (χ1n) is 12.9. The van der Waals surface area contributed by atoms with E-state index in [1.165, 1.54) is 27.7 Å². The van der Waals surface area contributed by atoms with E-state index >= 15 is 0 Å². The number of ether oxygens (including phenoxy) is 1. The summed E-state index contributed by atoms with van der Waals surface area (Å²) >= 11 is 6.31. The number of aromatic amines is 1. The minimum atomic E-state index is -1.07. The van der Waals surface area contributed by atoms with Crippen LogP contribution in [0.25, 0.3) is 11.0 Å². The number of rotatable bonds is 11. The molecule has 14 heteroatoms. The Morgan fingerprint density at radius 1 is 1.27 bits per heavy atom. The summed E-state index contributed by atoms with van der Waals surface area (Å²) in [7, 11) is 4.37. The number of methoxy groups -OCH3 is 1. The highest BCUT2D eigenvalue weighted by Crippen LogP contribution is 2.21. The van der Waals surface area contributed by atoms with Crippen molar-refractivity contribution in [2.45, 2.75) is 45.7 Å². The fourth-order valence-corrected chi connectivity index (χ4v) is 4.11. The monoisotopic (exact) mass is 589 g/mol. The number of carbonyl (C=O) groups is 3. The summed E-state index contributed by atoms with van der Waals surface area (Å²) in [4.78, 5) is 62.9. The van der Waals surface area contributed by atoms with Gasteiger partial charge in [0.25, 0.3) is 5.56 Å². The van der Waals surface area contributed by atoms with E-state index in [9.17, 15) is 23.6 Å². The molecule has 3 amide bonds. The van der Waals surface area contributed by atoms with Gasteiger partial charge in [-0.2, -0.15) is 0 Å². The first-order valence-corrected chi connectivity index (χ1v) is 13.2. The molecule has 0 fully saturated rings. The zero-order valence-corrected chi connectivity index (χ0v) is 24.2. The van der Waals surface area contributed by atoms with Crippen LogP contribution in [0, 0.1) is 11.7 Å². The van der Waals surface area contributed by atoms with E-state index in [1.54, 1.807) is 20.2 Å². The highest BCUT2D eigenvalue weighted by molar-refractivity contribution is 6.29. The van der Waals surface area contributed by atoms with Gasteiger partial charge < -0.3 is 25.3 Å². The van der Waals surface area contributed by atoms with Crippen molar-refractivity contribution in [3.63, 3.8) is 0 Å². The number of hydrogen-bond donors (Lipinski definition) is 3. The molecule has 3 rings (SSSR count). The average molecular weight is 590 g/mol. The van der Waals surface area contributed by atoms with E-state index in [0.29, 0.717) is 17.6 Å². The van der Waals surface area contributed by atoms with Crippen LogP contribution in [-0.4, -0.2) is 69.6 Å². The molecule has 0 radical (unpaired) electrons. The highest BCUT2D eigenvalue weighted by Gasteiger charge is 2.23. The van der Waals surface area contributed by atoms with Crippen LogP contribution in [0.4, 0.5) is 14.9 Å². The molecule has 3 heterocycles. The van der Waals surface area contributed by atoms with Gasteiger partial charge in [0, 0.05) is 14.1 Å². The van der Waals surface area contributed by atoms with Crippen molar-refractivity contribution in [2.24, 2.45) is 5.92 Å². The van der Waals surface area contributed by atoms with Crippen LogP contribution in [0.1, 0.15) is 38.2 Å². The number of aromatic nitrogens is 4. The van der Waals surface area contributed by atoms with Crippen LogP contribution in [0.2, 0.25) is 5.15 Å². The Morgan fingerprint density at radius 3 is 2.66 bits per heavy atom. The Balaban J connectivity index is 1.83. The van der Waals surface area contributed by atoms with Gasteiger partial charge in [-0.15, -0.1) is 0 Å². The average Bonchev–Trinajstić information content (AvgIpc) is 3.36. The molecule has 0 aliphatic rings. The molecule has 0 saturated heterocycles. The number of alkyl carbamates (subject to hydrolysis) is 1. The molecule has 0 aliphatic carbocycles. The molecule has 3 aromatic heterocycles. The van der Waals surface area contributed by atoms with E-state index < -0.39 is 29.4 Å². The molecule has 41 heavy (non-hydrogen) atoms. The lowest BCUT2D eigenvalue weighted by Gasteiger charge is -2.17. The second kappa shape index (κ2) is 13.9. The summed E-state index contributed by atoms with van der Waals surface area (Å²) in [6, 6.07) is 1.69. The van der Waals surface area contributed by atoms with Gasteiger partial charge in [-0.25, -0.2) is 14.2 Å². The van der Waals surface area contributed by atoms with E-state index in [0.717, 1.165) is 13.3 Å². The van der Waals surface area contributed by atoms with Crippen molar-refractivity contribution in [1.29, 1.82) is 0 Å². The first-order chi connectivity index (χ1) is 19.4. The zero-order chi connectivity index (χ0) is 30.3. The maximum absolute atomic E-state index is 14.5. The molecule has 0 aromatic carbocycles. The number of hydrogen-bond acceptors (Lipinski definition) is 7. The molecule has 12 nitrogen and oxygen atoms in total. The number of pyridine rings is 2. The second-order valence-corrected chi connectivity index (χ2v) is 10.3. The van der Waals surface area contributed by atoms with Gasteiger partial charge in [0.15, 0.2) is 5.82 Å². The van der Waals surface area contributed by atoms with Crippen molar-refractivity contribution in [3.05, 3.63) is 63.3 Å². The predicted octanol–water partition coefficient (Wildman–Crippen LogP) is 3.25. The van der Waals surface area contributed by atoms with Gasteiger partial charge in [-0.05, 0) is 43.4 Å². The number of H-pyrrole nitrogens is 1. The molecule has 1 atom stereocenters. The Labute approximate surface area is 240 Å². The Bertz CT molecular complexity index is 1520.